The first-order chi connectivity index (χ1) is 15.7. The second-order valence-electron chi connectivity index (χ2n) is 7.50. The average Bonchev–Trinajstić information content (AvgIpc) is 3.22. The van der Waals surface area contributed by atoms with Crippen LogP contribution in [0.15, 0.2) is 53.6 Å². The van der Waals surface area contributed by atoms with Gasteiger partial charge in [0.25, 0.3) is 5.91 Å². The highest BCUT2D eigenvalue weighted by Crippen LogP contribution is 2.25. The number of nitrogens with zero attached hydrogens (tertiary/aromatic N) is 4. The summed E-state index contributed by atoms with van der Waals surface area (Å²) >= 11 is 6.08. The summed E-state index contributed by atoms with van der Waals surface area (Å²) < 4.78 is 56.3. The quantitative estimate of drug-likeness (QED) is 0.544. The number of rotatable bonds is 5. The van der Waals surface area contributed by atoms with E-state index >= 15 is 0 Å². The van der Waals surface area contributed by atoms with Crippen molar-refractivity contribution in [2.24, 2.45) is 0 Å². The smallest absolute Gasteiger partial charge is 0.257 e. The molecule has 33 heavy (non-hydrogen) atoms. The highest BCUT2D eigenvalue weighted by Gasteiger charge is 2.35. The van der Waals surface area contributed by atoms with Crippen LogP contribution in [-0.4, -0.2) is 59.5 Å². The van der Waals surface area contributed by atoms with E-state index in [1.165, 1.54) is 11.1 Å². The number of sulfonamides is 1. The van der Waals surface area contributed by atoms with E-state index < -0.39 is 26.6 Å². The molecule has 1 aliphatic rings. The van der Waals surface area contributed by atoms with E-state index in [-0.39, 0.29) is 32.1 Å². The SMILES string of the molecule is CCc1c(C(=O)N2CCN(S(=O)(=O)c3c(F)cccc3F)CC2)cnn1-c1cccc(Cl)c1. The summed E-state index contributed by atoms with van der Waals surface area (Å²) in [5, 5.41) is 4.89. The maximum atomic E-state index is 14.1. The van der Waals surface area contributed by atoms with Gasteiger partial charge in [-0.2, -0.15) is 9.40 Å². The van der Waals surface area contributed by atoms with E-state index in [1.807, 2.05) is 13.0 Å². The van der Waals surface area contributed by atoms with Gasteiger partial charge in [-0.15, -0.1) is 0 Å². The highest BCUT2D eigenvalue weighted by molar-refractivity contribution is 7.89. The molecule has 174 valence electrons. The van der Waals surface area contributed by atoms with E-state index in [4.69, 9.17) is 11.6 Å². The second kappa shape index (κ2) is 9.20. The zero-order chi connectivity index (χ0) is 23.8. The van der Waals surface area contributed by atoms with Crippen molar-refractivity contribution in [3.8, 4) is 5.69 Å². The van der Waals surface area contributed by atoms with Crippen LogP contribution in [0.25, 0.3) is 5.69 Å². The van der Waals surface area contributed by atoms with Crippen molar-refractivity contribution in [1.82, 2.24) is 19.0 Å². The Balaban J connectivity index is 1.53. The molecule has 0 bridgehead atoms. The topological polar surface area (TPSA) is 75.5 Å². The van der Waals surface area contributed by atoms with Crippen molar-refractivity contribution < 1.29 is 22.0 Å². The fourth-order valence-corrected chi connectivity index (χ4v) is 5.60. The molecule has 0 unspecified atom stereocenters. The highest BCUT2D eigenvalue weighted by atomic mass is 35.5. The Morgan fingerprint density at radius 2 is 1.70 bits per heavy atom. The van der Waals surface area contributed by atoms with Gasteiger partial charge in [0, 0.05) is 31.2 Å². The van der Waals surface area contributed by atoms with E-state index in [2.05, 4.69) is 5.10 Å². The Morgan fingerprint density at radius 1 is 1.06 bits per heavy atom. The maximum Gasteiger partial charge on any atom is 0.257 e. The van der Waals surface area contributed by atoms with Gasteiger partial charge in [-0.1, -0.05) is 30.7 Å². The number of piperazine rings is 1. The fourth-order valence-electron chi connectivity index (χ4n) is 3.88. The Morgan fingerprint density at radius 3 is 2.30 bits per heavy atom. The number of amides is 1. The number of hydrogen-bond acceptors (Lipinski definition) is 4. The molecule has 1 saturated heterocycles. The van der Waals surface area contributed by atoms with Crippen molar-refractivity contribution in [3.63, 3.8) is 0 Å². The van der Waals surface area contributed by atoms with Gasteiger partial charge in [0.1, 0.15) is 11.6 Å². The zero-order valence-corrected chi connectivity index (χ0v) is 19.3. The van der Waals surface area contributed by atoms with Crippen LogP contribution in [0.4, 0.5) is 8.78 Å². The Kier molecular flexibility index (Phi) is 6.51. The van der Waals surface area contributed by atoms with Gasteiger partial charge in [0.2, 0.25) is 10.0 Å². The molecule has 1 aliphatic heterocycles. The van der Waals surface area contributed by atoms with Crippen molar-refractivity contribution in [2.45, 2.75) is 18.2 Å². The molecule has 2 aromatic carbocycles. The molecule has 0 aliphatic carbocycles. The standard InChI is InChI=1S/C22H21ClF2N4O3S/c1-2-20-17(14-26-29(20)16-6-3-5-15(23)13-16)22(30)27-9-11-28(12-10-27)33(31,32)21-18(24)7-4-8-19(21)25/h3-8,13-14H,2,9-12H2,1H3. The Bertz CT molecular complexity index is 1280. The van der Waals surface area contributed by atoms with Crippen LogP contribution in [-0.2, 0) is 16.4 Å². The lowest BCUT2D eigenvalue weighted by atomic mass is 10.1. The number of aromatic nitrogens is 2. The van der Waals surface area contributed by atoms with Crippen molar-refractivity contribution >= 4 is 27.5 Å². The second-order valence-corrected chi connectivity index (χ2v) is 9.81. The monoisotopic (exact) mass is 494 g/mol. The predicted molar refractivity (Wildman–Crippen MR) is 119 cm³/mol. The molecule has 2 heterocycles. The first-order valence-corrected chi connectivity index (χ1v) is 12.1. The Hall–Kier alpha value is -2.82. The molecule has 1 amide bonds. The molecule has 4 rings (SSSR count). The molecule has 3 aromatic rings. The van der Waals surface area contributed by atoms with Crippen LogP contribution in [0, 0.1) is 11.6 Å². The van der Waals surface area contributed by atoms with Gasteiger partial charge in [0.15, 0.2) is 4.90 Å². The first-order valence-electron chi connectivity index (χ1n) is 10.3. The zero-order valence-electron chi connectivity index (χ0n) is 17.7. The van der Waals surface area contributed by atoms with E-state index in [9.17, 15) is 22.0 Å². The molecule has 7 nitrogen and oxygen atoms in total. The molecule has 0 spiro atoms. The molecule has 11 heteroatoms. The van der Waals surface area contributed by atoms with Crippen LogP contribution in [0.5, 0.6) is 0 Å². The normalized spacial score (nSPS) is 15.1. The number of hydrogen-bond donors (Lipinski definition) is 0. The lowest BCUT2D eigenvalue weighted by molar-refractivity contribution is 0.0696. The summed E-state index contributed by atoms with van der Waals surface area (Å²) in [6, 6.07) is 10.0. The Labute approximate surface area is 195 Å². The lowest BCUT2D eigenvalue weighted by Gasteiger charge is -2.34. The summed E-state index contributed by atoms with van der Waals surface area (Å²) in [6.45, 7) is 1.92. The van der Waals surface area contributed by atoms with E-state index in [1.54, 1.807) is 22.9 Å². The largest absolute Gasteiger partial charge is 0.336 e. The lowest BCUT2D eigenvalue weighted by Crippen LogP contribution is -2.50. The van der Waals surface area contributed by atoms with Crippen molar-refractivity contribution in [1.29, 1.82) is 0 Å². The van der Waals surface area contributed by atoms with Gasteiger partial charge < -0.3 is 4.90 Å². The molecular formula is C22H21ClF2N4O3S. The summed E-state index contributed by atoms with van der Waals surface area (Å²) in [5.74, 6) is -2.57. The molecule has 1 fully saturated rings. The molecular weight excluding hydrogens is 474 g/mol. The summed E-state index contributed by atoms with van der Waals surface area (Å²) in [7, 11) is -4.37. The van der Waals surface area contributed by atoms with Crippen LogP contribution in [0.2, 0.25) is 5.02 Å². The number of carbonyl (C=O) groups is 1. The average molecular weight is 495 g/mol. The minimum atomic E-state index is -4.37. The third-order valence-corrected chi connectivity index (χ3v) is 7.72. The predicted octanol–water partition coefficient (Wildman–Crippen LogP) is 3.51. The molecule has 0 saturated carbocycles. The maximum absolute atomic E-state index is 14.1. The summed E-state index contributed by atoms with van der Waals surface area (Å²) in [5.41, 5.74) is 1.83. The van der Waals surface area contributed by atoms with Crippen molar-refractivity contribution in [3.05, 3.63) is 76.6 Å². The van der Waals surface area contributed by atoms with Gasteiger partial charge in [-0.05, 0) is 36.8 Å². The minimum absolute atomic E-state index is 0.0776. The van der Waals surface area contributed by atoms with Gasteiger partial charge in [-0.25, -0.2) is 21.9 Å². The van der Waals surface area contributed by atoms with Gasteiger partial charge in [0.05, 0.1) is 23.1 Å². The first kappa shape index (κ1) is 23.3. The van der Waals surface area contributed by atoms with Crippen LogP contribution >= 0.6 is 11.6 Å². The van der Waals surface area contributed by atoms with Crippen LogP contribution in [0.1, 0.15) is 23.0 Å². The molecule has 0 radical (unpaired) electrons. The van der Waals surface area contributed by atoms with Gasteiger partial charge >= 0.3 is 0 Å². The number of carbonyl (C=O) groups excluding carboxylic acids is 1. The van der Waals surface area contributed by atoms with Crippen molar-refractivity contribution in [2.75, 3.05) is 26.2 Å². The summed E-state index contributed by atoms with van der Waals surface area (Å²) in [6.07, 6.45) is 2.02. The van der Waals surface area contributed by atoms with Gasteiger partial charge in [-0.3, -0.25) is 4.79 Å². The number of benzene rings is 2. The summed E-state index contributed by atoms with van der Waals surface area (Å²) in [4.78, 5) is 13.7. The molecule has 1 aromatic heterocycles. The van der Waals surface area contributed by atoms with Crippen LogP contribution < -0.4 is 0 Å². The fraction of sp³-hybridized carbons (Fsp3) is 0.273. The third kappa shape index (κ3) is 4.38. The van der Waals surface area contributed by atoms with E-state index in [0.29, 0.717) is 22.7 Å². The number of halogens is 3. The van der Waals surface area contributed by atoms with Crippen LogP contribution in [0.3, 0.4) is 0 Å². The van der Waals surface area contributed by atoms with E-state index in [0.717, 1.165) is 28.2 Å². The molecule has 0 N–H and O–H groups in total. The minimum Gasteiger partial charge on any atom is -0.336 e. The third-order valence-electron chi connectivity index (χ3n) is 5.53. The molecule has 0 atom stereocenters.